The summed E-state index contributed by atoms with van der Waals surface area (Å²) in [6.45, 7) is 8.62. The molecule has 0 spiro atoms. The molecule has 4 nitrogen and oxygen atoms in total. The number of aromatic nitrogens is 1. The Morgan fingerprint density at radius 1 is 1.03 bits per heavy atom. The number of nitrogens with zero attached hydrogens (tertiary/aromatic N) is 2. The second-order valence-electron chi connectivity index (χ2n) is 7.99. The highest BCUT2D eigenvalue weighted by atomic mass is 32.2. The molecule has 158 valence electrons. The van der Waals surface area contributed by atoms with Crippen LogP contribution >= 0.6 is 11.8 Å². The Morgan fingerprint density at radius 2 is 1.74 bits per heavy atom. The molecule has 0 fully saturated rings. The first-order valence-corrected chi connectivity index (χ1v) is 11.5. The fraction of sp³-hybridized carbons (Fsp3) is 0.231. The Balaban J connectivity index is 1.49. The smallest absolute Gasteiger partial charge is 0.250 e. The third-order valence-electron chi connectivity index (χ3n) is 5.53. The lowest BCUT2D eigenvalue weighted by Crippen LogP contribution is -2.19. The fourth-order valence-corrected chi connectivity index (χ4v) is 5.03. The van der Waals surface area contributed by atoms with Gasteiger partial charge >= 0.3 is 0 Å². The molecule has 1 heterocycles. The summed E-state index contributed by atoms with van der Waals surface area (Å²) in [5, 5.41) is 7.78. The number of rotatable bonds is 6. The summed E-state index contributed by atoms with van der Waals surface area (Å²) in [6.07, 6.45) is 1.77. The van der Waals surface area contributed by atoms with Gasteiger partial charge in [-0.1, -0.05) is 54.6 Å². The van der Waals surface area contributed by atoms with Crippen LogP contribution in [0, 0.1) is 13.8 Å². The molecule has 0 aliphatic heterocycles. The molecule has 1 N–H and O–H groups in total. The fourth-order valence-electron chi connectivity index (χ4n) is 4.16. The third-order valence-corrected chi connectivity index (χ3v) is 6.60. The number of fused-ring (bicyclic) bond motifs is 2. The Morgan fingerprint density at radius 3 is 2.55 bits per heavy atom. The summed E-state index contributed by atoms with van der Waals surface area (Å²) in [5.74, 6) is 0.201. The second kappa shape index (κ2) is 8.98. The van der Waals surface area contributed by atoms with Crippen molar-refractivity contribution in [2.45, 2.75) is 38.6 Å². The monoisotopic (exact) mass is 429 g/mol. The van der Waals surface area contributed by atoms with Crippen molar-refractivity contribution in [3.8, 4) is 0 Å². The van der Waals surface area contributed by atoms with Crippen molar-refractivity contribution < 1.29 is 4.79 Å². The molecule has 1 amide bonds. The molecule has 31 heavy (non-hydrogen) atoms. The van der Waals surface area contributed by atoms with E-state index in [9.17, 15) is 4.79 Å². The van der Waals surface area contributed by atoms with Crippen molar-refractivity contribution >= 4 is 45.6 Å². The van der Waals surface area contributed by atoms with Gasteiger partial charge in [0.25, 0.3) is 0 Å². The van der Waals surface area contributed by atoms with Gasteiger partial charge in [0.2, 0.25) is 5.91 Å². The molecular weight excluding hydrogens is 402 g/mol. The van der Waals surface area contributed by atoms with Gasteiger partial charge in [-0.25, -0.2) is 5.43 Å². The average Bonchev–Trinajstić information content (AvgIpc) is 3.05. The van der Waals surface area contributed by atoms with E-state index < -0.39 is 0 Å². The van der Waals surface area contributed by atoms with Crippen LogP contribution in [0.25, 0.3) is 21.7 Å². The van der Waals surface area contributed by atoms with E-state index in [2.05, 4.69) is 85.3 Å². The summed E-state index contributed by atoms with van der Waals surface area (Å²) >= 11 is 1.53. The quantitative estimate of drug-likeness (QED) is 0.224. The van der Waals surface area contributed by atoms with Crippen LogP contribution in [0.2, 0.25) is 0 Å². The van der Waals surface area contributed by atoms with E-state index in [1.54, 1.807) is 6.21 Å². The van der Waals surface area contributed by atoms with Crippen LogP contribution in [0.5, 0.6) is 0 Å². The Hall–Kier alpha value is -3.05. The zero-order valence-corrected chi connectivity index (χ0v) is 19.2. The molecular formula is C26H27N3OS. The first-order valence-electron chi connectivity index (χ1n) is 10.5. The maximum absolute atomic E-state index is 12.4. The van der Waals surface area contributed by atoms with Crippen molar-refractivity contribution in [3.05, 3.63) is 77.5 Å². The predicted molar refractivity (Wildman–Crippen MR) is 132 cm³/mol. The molecule has 0 aliphatic rings. The van der Waals surface area contributed by atoms with Gasteiger partial charge in [0.05, 0.1) is 17.5 Å². The Labute approximate surface area is 187 Å². The lowest BCUT2D eigenvalue weighted by molar-refractivity contribution is -0.118. The molecule has 0 saturated carbocycles. The number of thioether (sulfide) groups is 1. The highest BCUT2D eigenvalue weighted by Gasteiger charge is 2.16. The third kappa shape index (κ3) is 4.23. The van der Waals surface area contributed by atoms with Crippen LogP contribution in [-0.2, 0) is 4.79 Å². The molecule has 4 aromatic rings. The van der Waals surface area contributed by atoms with E-state index in [1.807, 2.05) is 18.2 Å². The van der Waals surface area contributed by atoms with Crippen LogP contribution in [0.4, 0.5) is 0 Å². The van der Waals surface area contributed by atoms with E-state index in [0.717, 1.165) is 21.5 Å². The standard InChI is InChI=1S/C26H27N3OS/c1-17(2)29-19(4)23(22-13-7-9-18(3)26(22)29)15-27-28-25(30)16-31-24-14-8-11-20-10-5-6-12-21(20)24/h5-15,17H,16H2,1-4H3,(H,28,30)/b27-15-. The number of hydrogen-bond donors (Lipinski definition) is 1. The summed E-state index contributed by atoms with van der Waals surface area (Å²) in [4.78, 5) is 13.5. The second-order valence-corrected chi connectivity index (χ2v) is 9.01. The zero-order valence-electron chi connectivity index (χ0n) is 18.3. The van der Waals surface area contributed by atoms with E-state index in [1.165, 1.54) is 33.6 Å². The van der Waals surface area contributed by atoms with Gasteiger partial charge in [-0.2, -0.15) is 5.10 Å². The highest BCUT2D eigenvalue weighted by molar-refractivity contribution is 8.00. The number of hydrogen-bond acceptors (Lipinski definition) is 3. The van der Waals surface area contributed by atoms with Crippen LogP contribution in [0.15, 0.2) is 70.7 Å². The number of amides is 1. The number of carbonyl (C=O) groups is 1. The molecule has 5 heteroatoms. The summed E-state index contributed by atoms with van der Waals surface area (Å²) in [7, 11) is 0. The molecule has 0 atom stereocenters. The maximum Gasteiger partial charge on any atom is 0.250 e. The van der Waals surface area contributed by atoms with E-state index >= 15 is 0 Å². The van der Waals surface area contributed by atoms with Gasteiger partial charge in [-0.05, 0) is 50.1 Å². The topological polar surface area (TPSA) is 46.4 Å². The van der Waals surface area contributed by atoms with Crippen molar-refractivity contribution in [2.24, 2.45) is 5.10 Å². The highest BCUT2D eigenvalue weighted by Crippen LogP contribution is 2.30. The molecule has 4 rings (SSSR count). The molecule has 0 radical (unpaired) electrons. The Bertz CT molecular complexity index is 1280. The Kier molecular flexibility index (Phi) is 6.14. The van der Waals surface area contributed by atoms with Gasteiger partial charge < -0.3 is 4.57 Å². The van der Waals surface area contributed by atoms with E-state index in [0.29, 0.717) is 11.8 Å². The van der Waals surface area contributed by atoms with Crippen LogP contribution in [0.1, 0.15) is 36.7 Å². The summed E-state index contributed by atoms with van der Waals surface area (Å²) in [6, 6.07) is 21.0. The van der Waals surface area contributed by atoms with Crippen LogP contribution in [0.3, 0.4) is 0 Å². The summed E-state index contributed by atoms with van der Waals surface area (Å²) in [5.41, 5.74) is 7.37. The molecule has 0 saturated heterocycles. The van der Waals surface area contributed by atoms with E-state index in [4.69, 9.17) is 0 Å². The van der Waals surface area contributed by atoms with Crippen molar-refractivity contribution in [3.63, 3.8) is 0 Å². The van der Waals surface area contributed by atoms with Gasteiger partial charge in [-0.3, -0.25) is 4.79 Å². The number of aryl methyl sites for hydroxylation is 1. The molecule has 0 aliphatic carbocycles. The molecule has 0 unspecified atom stereocenters. The molecule has 0 bridgehead atoms. The minimum Gasteiger partial charge on any atom is -0.341 e. The normalized spacial score (nSPS) is 11.8. The number of carbonyl (C=O) groups excluding carboxylic acids is 1. The van der Waals surface area contributed by atoms with Gasteiger partial charge in [0, 0.05) is 27.6 Å². The first-order chi connectivity index (χ1) is 15.0. The molecule has 3 aromatic carbocycles. The van der Waals surface area contributed by atoms with Crippen LogP contribution < -0.4 is 5.43 Å². The number of benzene rings is 3. The number of nitrogens with one attached hydrogen (secondary N) is 1. The van der Waals surface area contributed by atoms with Crippen molar-refractivity contribution in [1.82, 2.24) is 9.99 Å². The van der Waals surface area contributed by atoms with Crippen molar-refractivity contribution in [1.29, 1.82) is 0 Å². The minimum atomic E-state index is -0.115. The van der Waals surface area contributed by atoms with Gasteiger partial charge in [0.15, 0.2) is 0 Å². The minimum absolute atomic E-state index is 0.115. The van der Waals surface area contributed by atoms with E-state index in [-0.39, 0.29) is 5.91 Å². The lowest BCUT2D eigenvalue weighted by Gasteiger charge is -2.13. The largest absolute Gasteiger partial charge is 0.341 e. The molecule has 1 aromatic heterocycles. The number of hydrazone groups is 1. The van der Waals surface area contributed by atoms with Crippen LogP contribution in [-0.4, -0.2) is 22.4 Å². The summed E-state index contributed by atoms with van der Waals surface area (Å²) < 4.78 is 2.34. The first kappa shape index (κ1) is 21.2. The SMILES string of the molecule is Cc1cccc2c(/C=N\NC(=O)CSc3cccc4ccccc34)c(C)n(C(C)C)c12. The van der Waals surface area contributed by atoms with Crippen molar-refractivity contribution in [2.75, 3.05) is 5.75 Å². The average molecular weight is 430 g/mol. The maximum atomic E-state index is 12.4. The van der Waals surface area contributed by atoms with Gasteiger partial charge in [0.1, 0.15) is 0 Å². The van der Waals surface area contributed by atoms with Gasteiger partial charge in [-0.15, -0.1) is 11.8 Å². The number of para-hydroxylation sites is 1. The predicted octanol–water partition coefficient (Wildman–Crippen LogP) is 6.23. The lowest BCUT2D eigenvalue weighted by atomic mass is 10.1. The zero-order chi connectivity index (χ0) is 22.0.